The average Bonchev–Trinajstić information content (AvgIpc) is 3.21. The van der Waals surface area contributed by atoms with Crippen LogP contribution in [-0.2, 0) is 11.8 Å². The molecule has 0 spiro atoms. The third-order valence-electron chi connectivity index (χ3n) is 4.36. The van der Waals surface area contributed by atoms with Gasteiger partial charge in [0.05, 0.1) is 0 Å². The van der Waals surface area contributed by atoms with Crippen molar-refractivity contribution in [2.24, 2.45) is 18.0 Å². The number of hydrogen-bond donors (Lipinski definition) is 0. The number of para-hydroxylation sites is 2. The fraction of sp³-hybridized carbons (Fsp3) is 0.353. The second-order valence-electron chi connectivity index (χ2n) is 5.97. The number of oxazole rings is 1. The second-order valence-corrected chi connectivity index (χ2v) is 6.85. The molecule has 3 heterocycles. The third-order valence-corrected chi connectivity index (χ3v) is 5.21. The minimum Gasteiger partial charge on any atom is -0.423 e. The molecule has 24 heavy (non-hydrogen) atoms. The van der Waals surface area contributed by atoms with Crippen LogP contribution in [-0.4, -0.2) is 28.5 Å². The lowest BCUT2D eigenvalue weighted by atomic mass is 9.96. The predicted octanol–water partition coefficient (Wildman–Crippen LogP) is 2.57. The van der Waals surface area contributed by atoms with E-state index in [4.69, 9.17) is 4.42 Å². The number of thiazole rings is 1. The van der Waals surface area contributed by atoms with Gasteiger partial charge in [0.15, 0.2) is 10.4 Å². The van der Waals surface area contributed by atoms with E-state index in [-0.39, 0.29) is 11.8 Å². The Morgan fingerprint density at radius 1 is 1.33 bits per heavy atom. The minimum absolute atomic E-state index is 0.0206. The highest BCUT2D eigenvalue weighted by atomic mass is 32.1. The standard InChI is InChI=1S/C17H18N4O2S/c1-20-10-11-24-17(20)19-15(22)12-6-8-21(9-7-12)16-18-13-4-2-3-5-14(13)23-16/h2-5,10-12H,6-9H2,1H3. The smallest absolute Gasteiger partial charge is 0.298 e. The number of piperidine rings is 1. The number of hydrogen-bond acceptors (Lipinski definition) is 5. The van der Waals surface area contributed by atoms with Crippen LogP contribution in [0.4, 0.5) is 6.01 Å². The van der Waals surface area contributed by atoms with E-state index < -0.39 is 0 Å². The van der Waals surface area contributed by atoms with E-state index in [2.05, 4.69) is 14.9 Å². The van der Waals surface area contributed by atoms with Crippen LogP contribution in [0, 0.1) is 5.92 Å². The van der Waals surface area contributed by atoms with Crippen molar-refractivity contribution < 1.29 is 9.21 Å². The topological polar surface area (TPSA) is 63.6 Å². The Kier molecular flexibility index (Phi) is 3.93. The molecule has 0 saturated carbocycles. The number of rotatable bonds is 2. The van der Waals surface area contributed by atoms with E-state index in [1.807, 2.05) is 47.5 Å². The zero-order chi connectivity index (χ0) is 16.5. The number of carbonyl (C=O) groups is 1. The maximum atomic E-state index is 12.4. The summed E-state index contributed by atoms with van der Waals surface area (Å²) in [5.74, 6) is -0.0435. The molecule has 4 rings (SSSR count). The summed E-state index contributed by atoms with van der Waals surface area (Å²) in [5, 5.41) is 1.93. The van der Waals surface area contributed by atoms with Crippen LogP contribution in [0.15, 0.2) is 45.3 Å². The minimum atomic E-state index is -0.0229. The van der Waals surface area contributed by atoms with Crippen LogP contribution in [0.3, 0.4) is 0 Å². The van der Waals surface area contributed by atoms with Crippen LogP contribution in [0.25, 0.3) is 11.1 Å². The summed E-state index contributed by atoms with van der Waals surface area (Å²) in [6.45, 7) is 1.52. The number of benzene rings is 1. The van der Waals surface area contributed by atoms with Gasteiger partial charge >= 0.3 is 0 Å². The highest BCUT2D eigenvalue weighted by Crippen LogP contribution is 2.26. The Hall–Kier alpha value is -2.41. The quantitative estimate of drug-likeness (QED) is 0.718. The van der Waals surface area contributed by atoms with E-state index in [9.17, 15) is 4.79 Å². The molecule has 3 aromatic rings. The number of aryl methyl sites for hydroxylation is 1. The average molecular weight is 342 g/mol. The molecular weight excluding hydrogens is 324 g/mol. The molecule has 0 bridgehead atoms. The molecule has 6 nitrogen and oxygen atoms in total. The van der Waals surface area contributed by atoms with Gasteiger partial charge in [0.2, 0.25) is 0 Å². The highest BCUT2D eigenvalue weighted by Gasteiger charge is 2.27. The number of anilines is 1. The van der Waals surface area contributed by atoms with Crippen molar-refractivity contribution in [3.63, 3.8) is 0 Å². The Morgan fingerprint density at radius 3 is 2.83 bits per heavy atom. The van der Waals surface area contributed by atoms with Crippen molar-refractivity contribution in [1.29, 1.82) is 0 Å². The summed E-state index contributed by atoms with van der Waals surface area (Å²) in [5.41, 5.74) is 1.66. The Bertz CT molecular complexity index is 898. The van der Waals surface area contributed by atoms with Crippen molar-refractivity contribution in [2.75, 3.05) is 18.0 Å². The zero-order valence-corrected chi connectivity index (χ0v) is 14.2. The number of nitrogens with zero attached hydrogens (tertiary/aromatic N) is 4. The fourth-order valence-electron chi connectivity index (χ4n) is 2.93. The molecule has 1 saturated heterocycles. The van der Waals surface area contributed by atoms with Gasteiger partial charge in [-0.15, -0.1) is 11.3 Å². The SMILES string of the molecule is Cn1ccsc1=NC(=O)C1CCN(c2nc3ccccc3o2)CC1. The van der Waals surface area contributed by atoms with E-state index in [0.29, 0.717) is 6.01 Å². The molecule has 0 radical (unpaired) electrons. The summed E-state index contributed by atoms with van der Waals surface area (Å²) in [7, 11) is 1.90. The predicted molar refractivity (Wildman–Crippen MR) is 92.8 cm³/mol. The third kappa shape index (κ3) is 2.87. The molecular formula is C17H18N4O2S. The van der Waals surface area contributed by atoms with Gasteiger partial charge < -0.3 is 13.9 Å². The maximum absolute atomic E-state index is 12.4. The molecule has 1 aliphatic rings. The van der Waals surface area contributed by atoms with Gasteiger partial charge in [-0.3, -0.25) is 4.79 Å². The lowest BCUT2D eigenvalue weighted by molar-refractivity contribution is -0.122. The Morgan fingerprint density at radius 2 is 2.12 bits per heavy atom. The van der Waals surface area contributed by atoms with Crippen molar-refractivity contribution in [1.82, 2.24) is 9.55 Å². The van der Waals surface area contributed by atoms with E-state index in [1.54, 1.807) is 0 Å². The van der Waals surface area contributed by atoms with Crippen LogP contribution in [0.5, 0.6) is 0 Å². The molecule has 0 aliphatic carbocycles. The molecule has 2 aromatic heterocycles. The van der Waals surface area contributed by atoms with Crippen molar-refractivity contribution >= 4 is 34.4 Å². The molecule has 0 N–H and O–H groups in total. The van der Waals surface area contributed by atoms with Gasteiger partial charge in [-0.25, -0.2) is 0 Å². The zero-order valence-electron chi connectivity index (χ0n) is 13.4. The molecule has 1 aromatic carbocycles. The number of aromatic nitrogens is 2. The fourth-order valence-corrected chi connectivity index (χ4v) is 3.67. The summed E-state index contributed by atoms with van der Waals surface area (Å²) in [6.07, 6.45) is 3.46. The van der Waals surface area contributed by atoms with Gasteiger partial charge in [-0.05, 0) is 25.0 Å². The Labute approximate surface area is 143 Å². The summed E-state index contributed by atoms with van der Waals surface area (Å²) < 4.78 is 7.68. The number of carbonyl (C=O) groups excluding carboxylic acids is 1. The first-order chi connectivity index (χ1) is 11.7. The highest BCUT2D eigenvalue weighted by molar-refractivity contribution is 7.07. The molecule has 1 fully saturated rings. The first kappa shape index (κ1) is 15.1. The molecule has 7 heteroatoms. The van der Waals surface area contributed by atoms with Gasteiger partial charge in [0.1, 0.15) is 5.52 Å². The largest absolute Gasteiger partial charge is 0.423 e. The normalized spacial score (nSPS) is 16.9. The van der Waals surface area contributed by atoms with Crippen molar-refractivity contribution in [3.05, 3.63) is 40.6 Å². The van der Waals surface area contributed by atoms with E-state index in [0.717, 1.165) is 41.8 Å². The van der Waals surface area contributed by atoms with Gasteiger partial charge in [-0.1, -0.05) is 12.1 Å². The lowest BCUT2D eigenvalue weighted by Gasteiger charge is -2.29. The first-order valence-corrected chi connectivity index (χ1v) is 8.88. The van der Waals surface area contributed by atoms with Crippen molar-refractivity contribution in [3.8, 4) is 0 Å². The second kappa shape index (κ2) is 6.24. The van der Waals surface area contributed by atoms with Gasteiger partial charge in [0, 0.05) is 37.6 Å². The summed E-state index contributed by atoms with van der Waals surface area (Å²) >= 11 is 1.48. The molecule has 124 valence electrons. The van der Waals surface area contributed by atoms with E-state index >= 15 is 0 Å². The number of fused-ring (bicyclic) bond motifs is 1. The first-order valence-electron chi connectivity index (χ1n) is 8.00. The maximum Gasteiger partial charge on any atom is 0.298 e. The molecule has 1 aliphatic heterocycles. The monoisotopic (exact) mass is 342 g/mol. The van der Waals surface area contributed by atoms with Crippen LogP contribution in [0.1, 0.15) is 12.8 Å². The molecule has 0 unspecified atom stereocenters. The lowest BCUT2D eigenvalue weighted by Crippen LogP contribution is -2.36. The Balaban J connectivity index is 1.45. The van der Waals surface area contributed by atoms with E-state index in [1.165, 1.54) is 11.3 Å². The molecule has 1 amide bonds. The van der Waals surface area contributed by atoms with Crippen LogP contribution in [0.2, 0.25) is 0 Å². The summed E-state index contributed by atoms with van der Waals surface area (Å²) in [6, 6.07) is 8.39. The molecule has 0 atom stereocenters. The number of amides is 1. The van der Waals surface area contributed by atoms with Crippen molar-refractivity contribution in [2.45, 2.75) is 12.8 Å². The van der Waals surface area contributed by atoms with Gasteiger partial charge in [-0.2, -0.15) is 9.98 Å². The van der Waals surface area contributed by atoms with Gasteiger partial charge in [0.25, 0.3) is 11.9 Å². The van der Waals surface area contributed by atoms with Crippen LogP contribution < -0.4 is 9.70 Å². The summed E-state index contributed by atoms with van der Waals surface area (Å²) in [4.78, 5) is 24.0. The van der Waals surface area contributed by atoms with Crippen LogP contribution >= 0.6 is 11.3 Å².